The van der Waals surface area contributed by atoms with E-state index in [0.717, 1.165) is 20.5 Å². The maximum atomic E-state index is 13.7. The SMILES string of the molecule is CCOC(=O)C1=C(C)N=c2s/c(=C\c3cc4c(cc3Br)OCO4)c(=O)n2[C@H]1c1ccc(SC)cc1. The number of benzene rings is 2. The largest absolute Gasteiger partial charge is 0.463 e. The summed E-state index contributed by atoms with van der Waals surface area (Å²) in [5.41, 5.74) is 2.27. The first-order valence-corrected chi connectivity index (χ1v) is 13.7. The molecule has 0 aliphatic carbocycles. The standard InChI is InChI=1S/C25H21BrN2O5S2/c1-4-31-24(30)21-13(2)27-25-28(22(21)14-5-7-16(34-3)8-6-14)23(29)20(35-25)10-15-9-18-19(11-17(15)26)33-12-32-18/h5-11,22H,4,12H2,1-3H3/b20-10-/t22-/m0/s1. The van der Waals surface area contributed by atoms with Crippen LogP contribution in [0.2, 0.25) is 0 Å². The van der Waals surface area contributed by atoms with Gasteiger partial charge in [0.15, 0.2) is 16.3 Å². The molecule has 2 aromatic carbocycles. The van der Waals surface area contributed by atoms with Crippen molar-refractivity contribution in [1.82, 2.24) is 4.57 Å². The van der Waals surface area contributed by atoms with Gasteiger partial charge in [-0.1, -0.05) is 39.4 Å². The number of fused-ring (bicyclic) bond motifs is 2. The van der Waals surface area contributed by atoms with Crippen LogP contribution in [0, 0.1) is 0 Å². The van der Waals surface area contributed by atoms with Crippen molar-refractivity contribution in [1.29, 1.82) is 0 Å². The molecular weight excluding hydrogens is 552 g/mol. The van der Waals surface area contributed by atoms with Crippen molar-refractivity contribution in [3.63, 3.8) is 0 Å². The molecule has 0 spiro atoms. The van der Waals surface area contributed by atoms with Crippen LogP contribution in [0.1, 0.15) is 31.0 Å². The zero-order chi connectivity index (χ0) is 24.7. The third-order valence-electron chi connectivity index (χ3n) is 5.73. The third kappa shape index (κ3) is 4.34. The van der Waals surface area contributed by atoms with Crippen LogP contribution in [-0.2, 0) is 9.53 Å². The van der Waals surface area contributed by atoms with Crippen LogP contribution in [0.15, 0.2) is 66.8 Å². The summed E-state index contributed by atoms with van der Waals surface area (Å²) in [6.07, 6.45) is 3.80. The summed E-state index contributed by atoms with van der Waals surface area (Å²) in [5, 5.41) is 0. The van der Waals surface area contributed by atoms with Gasteiger partial charge in [0.25, 0.3) is 5.56 Å². The van der Waals surface area contributed by atoms with Crippen molar-refractivity contribution in [2.45, 2.75) is 24.8 Å². The smallest absolute Gasteiger partial charge is 0.338 e. The van der Waals surface area contributed by atoms with Gasteiger partial charge >= 0.3 is 5.97 Å². The average molecular weight is 573 g/mol. The maximum Gasteiger partial charge on any atom is 0.338 e. The van der Waals surface area contributed by atoms with Crippen LogP contribution in [0.25, 0.3) is 6.08 Å². The fraction of sp³-hybridized carbons (Fsp3) is 0.240. The van der Waals surface area contributed by atoms with Gasteiger partial charge < -0.3 is 14.2 Å². The van der Waals surface area contributed by atoms with E-state index in [9.17, 15) is 9.59 Å². The quantitative estimate of drug-likeness (QED) is 0.339. The highest BCUT2D eigenvalue weighted by Crippen LogP contribution is 2.37. The zero-order valence-electron chi connectivity index (χ0n) is 19.2. The number of hydrogen-bond donors (Lipinski definition) is 0. The van der Waals surface area contributed by atoms with Gasteiger partial charge in [-0.3, -0.25) is 9.36 Å². The molecule has 7 nitrogen and oxygen atoms in total. The fourth-order valence-electron chi connectivity index (χ4n) is 4.08. The molecule has 0 radical (unpaired) electrons. The van der Waals surface area contributed by atoms with E-state index in [4.69, 9.17) is 14.2 Å². The minimum absolute atomic E-state index is 0.165. The van der Waals surface area contributed by atoms with Crippen molar-refractivity contribution in [3.05, 3.63) is 83.0 Å². The molecule has 0 N–H and O–H groups in total. The lowest BCUT2D eigenvalue weighted by molar-refractivity contribution is -0.139. The van der Waals surface area contributed by atoms with Gasteiger partial charge in [0.1, 0.15) is 0 Å². The van der Waals surface area contributed by atoms with Gasteiger partial charge in [0.2, 0.25) is 6.79 Å². The Morgan fingerprint density at radius 2 is 2.00 bits per heavy atom. The van der Waals surface area contributed by atoms with Gasteiger partial charge in [-0.2, -0.15) is 0 Å². The molecule has 5 rings (SSSR count). The molecule has 10 heteroatoms. The summed E-state index contributed by atoms with van der Waals surface area (Å²) in [5.74, 6) is 0.804. The highest BCUT2D eigenvalue weighted by atomic mass is 79.9. The maximum absolute atomic E-state index is 13.7. The summed E-state index contributed by atoms with van der Waals surface area (Å²) >= 11 is 6.46. The highest BCUT2D eigenvalue weighted by Gasteiger charge is 2.33. The Labute approximate surface area is 217 Å². The Balaban J connectivity index is 1.70. The predicted molar refractivity (Wildman–Crippen MR) is 139 cm³/mol. The molecule has 180 valence electrons. The number of thioether (sulfide) groups is 1. The Morgan fingerprint density at radius 1 is 1.29 bits per heavy atom. The van der Waals surface area contributed by atoms with Gasteiger partial charge in [0, 0.05) is 9.37 Å². The second kappa shape index (κ2) is 9.67. The molecule has 3 aromatic rings. The molecule has 0 amide bonds. The molecule has 0 fully saturated rings. The lowest BCUT2D eigenvalue weighted by Gasteiger charge is -2.24. The number of allylic oxidation sites excluding steroid dienone is 1. The molecule has 0 saturated heterocycles. The molecule has 0 saturated carbocycles. The molecule has 0 unspecified atom stereocenters. The normalized spacial score (nSPS) is 16.8. The van der Waals surface area contributed by atoms with E-state index in [1.54, 1.807) is 36.3 Å². The Hall–Kier alpha value is -2.82. The van der Waals surface area contributed by atoms with Crippen LogP contribution in [0.5, 0.6) is 11.5 Å². The lowest BCUT2D eigenvalue weighted by Crippen LogP contribution is -2.39. The number of nitrogens with zero attached hydrogens (tertiary/aromatic N) is 2. The van der Waals surface area contributed by atoms with Gasteiger partial charge in [0.05, 0.1) is 28.5 Å². The van der Waals surface area contributed by atoms with Crippen molar-refractivity contribution in [2.75, 3.05) is 19.7 Å². The first-order valence-electron chi connectivity index (χ1n) is 10.8. The summed E-state index contributed by atoms with van der Waals surface area (Å²) in [6.45, 7) is 3.94. The van der Waals surface area contributed by atoms with E-state index in [1.165, 1.54) is 11.3 Å². The second-order valence-electron chi connectivity index (χ2n) is 7.80. The van der Waals surface area contributed by atoms with Crippen LogP contribution >= 0.6 is 39.0 Å². The van der Waals surface area contributed by atoms with Crippen molar-refractivity contribution in [3.8, 4) is 11.5 Å². The number of carbonyl (C=O) groups excluding carboxylic acids is 1. The van der Waals surface area contributed by atoms with E-state index in [2.05, 4.69) is 20.9 Å². The molecule has 3 heterocycles. The van der Waals surface area contributed by atoms with Crippen molar-refractivity contribution >= 4 is 51.1 Å². The minimum atomic E-state index is -0.636. The molecule has 2 aliphatic heterocycles. The van der Waals surface area contributed by atoms with Crippen molar-refractivity contribution in [2.24, 2.45) is 4.99 Å². The van der Waals surface area contributed by atoms with Crippen LogP contribution < -0.4 is 24.4 Å². The monoisotopic (exact) mass is 572 g/mol. The summed E-state index contributed by atoms with van der Waals surface area (Å²) < 4.78 is 19.1. The summed E-state index contributed by atoms with van der Waals surface area (Å²) in [7, 11) is 0. The molecular formula is C25H21BrN2O5S2. The van der Waals surface area contributed by atoms with E-state index in [-0.39, 0.29) is 19.0 Å². The lowest BCUT2D eigenvalue weighted by atomic mass is 9.96. The average Bonchev–Trinajstić information content (AvgIpc) is 3.42. The Morgan fingerprint density at radius 3 is 2.69 bits per heavy atom. The van der Waals surface area contributed by atoms with Crippen LogP contribution in [0.3, 0.4) is 0 Å². The van der Waals surface area contributed by atoms with Crippen molar-refractivity contribution < 1.29 is 19.0 Å². The number of ether oxygens (including phenoxy) is 3. The highest BCUT2D eigenvalue weighted by molar-refractivity contribution is 9.10. The number of halogens is 1. The third-order valence-corrected chi connectivity index (χ3v) is 8.14. The number of aromatic nitrogens is 1. The molecule has 1 aromatic heterocycles. The van der Waals surface area contributed by atoms with E-state index in [1.807, 2.05) is 42.7 Å². The topological polar surface area (TPSA) is 79.1 Å². The summed E-state index contributed by atoms with van der Waals surface area (Å²) in [6, 6.07) is 10.9. The number of rotatable bonds is 5. The Kier molecular flexibility index (Phi) is 6.61. The first kappa shape index (κ1) is 23.9. The minimum Gasteiger partial charge on any atom is -0.463 e. The molecule has 0 bridgehead atoms. The van der Waals surface area contributed by atoms with E-state index >= 15 is 0 Å². The fourth-order valence-corrected chi connectivity index (χ4v) is 5.96. The van der Waals surface area contributed by atoms with Gasteiger partial charge in [-0.05, 0) is 61.6 Å². The number of thiazole rings is 1. The van der Waals surface area contributed by atoms with Gasteiger partial charge in [-0.15, -0.1) is 11.8 Å². The predicted octanol–water partition coefficient (Wildman–Crippen LogP) is 4.01. The zero-order valence-corrected chi connectivity index (χ0v) is 22.4. The summed E-state index contributed by atoms with van der Waals surface area (Å²) in [4.78, 5) is 33.0. The van der Waals surface area contributed by atoms with E-state index in [0.29, 0.717) is 32.1 Å². The number of esters is 1. The number of carbonyl (C=O) groups is 1. The van der Waals surface area contributed by atoms with Crippen LogP contribution in [0.4, 0.5) is 0 Å². The first-order chi connectivity index (χ1) is 16.9. The second-order valence-corrected chi connectivity index (χ2v) is 10.5. The van der Waals surface area contributed by atoms with Gasteiger partial charge in [-0.25, -0.2) is 9.79 Å². The Bertz CT molecular complexity index is 1540. The molecule has 1 atom stereocenters. The van der Waals surface area contributed by atoms with E-state index < -0.39 is 12.0 Å². The molecule has 35 heavy (non-hydrogen) atoms. The number of hydrogen-bond acceptors (Lipinski definition) is 8. The van der Waals surface area contributed by atoms with Crippen LogP contribution in [-0.4, -0.2) is 30.2 Å². The molecule has 2 aliphatic rings.